The van der Waals surface area contributed by atoms with E-state index in [2.05, 4.69) is 5.32 Å². The van der Waals surface area contributed by atoms with E-state index in [1.54, 1.807) is 12.1 Å². The molecule has 1 amide bonds. The quantitative estimate of drug-likeness (QED) is 0.875. The van der Waals surface area contributed by atoms with Gasteiger partial charge < -0.3 is 15.8 Å². The van der Waals surface area contributed by atoms with Gasteiger partial charge in [-0.25, -0.2) is 0 Å². The lowest BCUT2D eigenvalue weighted by molar-refractivity contribution is -0.120. The van der Waals surface area contributed by atoms with Gasteiger partial charge in [-0.3, -0.25) is 4.79 Å². The Morgan fingerprint density at radius 1 is 1.48 bits per heavy atom. The van der Waals surface area contributed by atoms with Gasteiger partial charge in [0.05, 0.1) is 11.1 Å². The van der Waals surface area contributed by atoms with Crippen molar-refractivity contribution in [3.8, 4) is 5.75 Å². The molecule has 5 heteroatoms. The maximum Gasteiger partial charge on any atom is 0.227 e. The third-order valence-electron chi connectivity index (χ3n) is 3.86. The van der Waals surface area contributed by atoms with E-state index in [1.165, 1.54) is 0 Å². The van der Waals surface area contributed by atoms with Crippen molar-refractivity contribution in [3.63, 3.8) is 0 Å². The molecule has 0 bridgehead atoms. The van der Waals surface area contributed by atoms with Gasteiger partial charge >= 0.3 is 0 Å². The second-order valence-electron chi connectivity index (χ2n) is 5.83. The van der Waals surface area contributed by atoms with Gasteiger partial charge in [-0.1, -0.05) is 18.0 Å². The molecule has 2 atom stereocenters. The molecule has 0 aliphatic heterocycles. The number of halogens is 1. The predicted molar refractivity (Wildman–Crippen MR) is 85.7 cm³/mol. The van der Waals surface area contributed by atoms with Gasteiger partial charge in [0.2, 0.25) is 5.91 Å². The van der Waals surface area contributed by atoms with Crippen molar-refractivity contribution in [2.45, 2.75) is 39.2 Å². The van der Waals surface area contributed by atoms with Crippen LogP contribution in [0.2, 0.25) is 5.02 Å². The van der Waals surface area contributed by atoms with Gasteiger partial charge in [-0.2, -0.15) is 0 Å². The third kappa shape index (κ3) is 4.11. The summed E-state index contributed by atoms with van der Waals surface area (Å²) in [5.74, 6) is 0.978. The molecule has 116 valence electrons. The van der Waals surface area contributed by atoms with Gasteiger partial charge in [0.15, 0.2) is 0 Å². The predicted octanol–water partition coefficient (Wildman–Crippen LogP) is 3.44. The average Bonchev–Trinajstić information content (AvgIpc) is 2.90. The molecule has 2 unspecified atom stereocenters. The smallest absolute Gasteiger partial charge is 0.227 e. The Bertz CT molecular complexity index is 505. The Kier molecular flexibility index (Phi) is 5.48. The minimum atomic E-state index is 0.0142. The zero-order valence-electron chi connectivity index (χ0n) is 12.6. The summed E-state index contributed by atoms with van der Waals surface area (Å²) in [5, 5.41) is 3.44. The fourth-order valence-corrected chi connectivity index (χ4v) is 3.05. The summed E-state index contributed by atoms with van der Waals surface area (Å²) in [5.41, 5.74) is 6.43. The van der Waals surface area contributed by atoms with Crippen molar-refractivity contribution < 1.29 is 9.53 Å². The number of nitrogens with one attached hydrogen (secondary N) is 1. The van der Waals surface area contributed by atoms with E-state index in [9.17, 15) is 4.79 Å². The molecule has 4 nitrogen and oxygen atoms in total. The second-order valence-corrected chi connectivity index (χ2v) is 6.24. The van der Waals surface area contributed by atoms with Crippen LogP contribution in [0.25, 0.3) is 0 Å². The Morgan fingerprint density at radius 3 is 2.86 bits per heavy atom. The largest absolute Gasteiger partial charge is 0.489 e. The first-order chi connectivity index (χ1) is 10.0. The summed E-state index contributed by atoms with van der Waals surface area (Å²) in [4.78, 5) is 12.3. The summed E-state index contributed by atoms with van der Waals surface area (Å²) in [6.45, 7) is 4.46. The Balaban J connectivity index is 2.02. The molecule has 0 heterocycles. The first-order valence-corrected chi connectivity index (χ1v) is 7.86. The minimum Gasteiger partial charge on any atom is -0.489 e. The first kappa shape index (κ1) is 16.1. The Labute approximate surface area is 131 Å². The fourth-order valence-electron chi connectivity index (χ4n) is 2.83. The SMILES string of the molecule is CC(C)Oc1ccc(NC(=O)C2CCCC2CN)cc1Cl. The van der Waals surface area contributed by atoms with Crippen LogP contribution in [0.3, 0.4) is 0 Å². The summed E-state index contributed by atoms with van der Waals surface area (Å²) < 4.78 is 5.58. The molecule has 1 fully saturated rings. The lowest BCUT2D eigenvalue weighted by Crippen LogP contribution is -2.29. The minimum absolute atomic E-state index is 0.0142. The fraction of sp³-hybridized carbons (Fsp3) is 0.562. The number of ether oxygens (including phenoxy) is 1. The van der Waals surface area contributed by atoms with Crippen molar-refractivity contribution in [1.82, 2.24) is 0 Å². The zero-order chi connectivity index (χ0) is 15.4. The van der Waals surface area contributed by atoms with Gasteiger partial charge in [0.1, 0.15) is 5.75 Å². The van der Waals surface area contributed by atoms with Crippen molar-refractivity contribution in [1.29, 1.82) is 0 Å². The van der Waals surface area contributed by atoms with E-state index in [0.717, 1.165) is 19.3 Å². The number of benzene rings is 1. The molecule has 0 spiro atoms. The summed E-state index contributed by atoms with van der Waals surface area (Å²) in [6.07, 6.45) is 3.08. The van der Waals surface area contributed by atoms with Crippen LogP contribution < -0.4 is 15.8 Å². The highest BCUT2D eigenvalue weighted by Gasteiger charge is 2.31. The molecule has 1 aromatic carbocycles. The van der Waals surface area contributed by atoms with Crippen molar-refractivity contribution in [2.75, 3.05) is 11.9 Å². The molecule has 1 aromatic rings. The third-order valence-corrected chi connectivity index (χ3v) is 4.16. The van der Waals surface area contributed by atoms with E-state index in [-0.39, 0.29) is 17.9 Å². The van der Waals surface area contributed by atoms with Crippen LogP contribution in [-0.2, 0) is 4.79 Å². The van der Waals surface area contributed by atoms with Gasteiger partial charge in [-0.15, -0.1) is 0 Å². The molecular weight excluding hydrogens is 288 g/mol. The van der Waals surface area contributed by atoms with Crippen molar-refractivity contribution in [3.05, 3.63) is 23.2 Å². The van der Waals surface area contributed by atoms with E-state index < -0.39 is 0 Å². The number of nitrogens with two attached hydrogens (primary N) is 1. The molecule has 3 N–H and O–H groups in total. The van der Waals surface area contributed by atoms with Gasteiger partial charge in [0, 0.05) is 11.6 Å². The van der Waals surface area contributed by atoms with Crippen molar-refractivity contribution in [2.24, 2.45) is 17.6 Å². The van der Waals surface area contributed by atoms with Crippen LogP contribution in [0, 0.1) is 11.8 Å². The van der Waals surface area contributed by atoms with Crippen LogP contribution in [0.5, 0.6) is 5.75 Å². The number of amides is 1. The van der Waals surface area contributed by atoms with E-state index in [4.69, 9.17) is 22.1 Å². The molecule has 1 aliphatic rings. The number of rotatable bonds is 5. The molecule has 1 aliphatic carbocycles. The lowest BCUT2D eigenvalue weighted by atomic mass is 9.95. The second kappa shape index (κ2) is 7.14. The average molecular weight is 311 g/mol. The number of hydrogen-bond donors (Lipinski definition) is 2. The summed E-state index contributed by atoms with van der Waals surface area (Å²) in [6, 6.07) is 5.32. The van der Waals surface area contributed by atoms with E-state index in [0.29, 0.717) is 28.9 Å². The maximum absolute atomic E-state index is 12.3. The first-order valence-electron chi connectivity index (χ1n) is 7.48. The van der Waals surface area contributed by atoms with Gasteiger partial charge in [0.25, 0.3) is 0 Å². The highest BCUT2D eigenvalue weighted by Crippen LogP contribution is 2.33. The van der Waals surface area contributed by atoms with E-state index in [1.807, 2.05) is 19.9 Å². The molecular formula is C16H23ClN2O2. The van der Waals surface area contributed by atoms with Crippen molar-refractivity contribution >= 4 is 23.2 Å². The van der Waals surface area contributed by atoms with Crippen LogP contribution in [0.1, 0.15) is 33.1 Å². The number of carbonyl (C=O) groups is 1. The lowest BCUT2D eigenvalue weighted by Gasteiger charge is -2.18. The monoisotopic (exact) mass is 310 g/mol. The highest BCUT2D eigenvalue weighted by atomic mass is 35.5. The topological polar surface area (TPSA) is 64.3 Å². The summed E-state index contributed by atoms with van der Waals surface area (Å²) in [7, 11) is 0. The number of hydrogen-bond acceptors (Lipinski definition) is 3. The van der Waals surface area contributed by atoms with E-state index >= 15 is 0 Å². The summed E-state index contributed by atoms with van der Waals surface area (Å²) >= 11 is 6.18. The molecule has 1 saturated carbocycles. The van der Waals surface area contributed by atoms with Gasteiger partial charge in [-0.05, 0) is 57.4 Å². The standard InChI is InChI=1S/C16H23ClN2O2/c1-10(2)21-15-7-6-12(8-14(15)17)19-16(20)13-5-3-4-11(13)9-18/h6-8,10-11,13H,3-5,9,18H2,1-2H3,(H,19,20). The number of anilines is 1. The maximum atomic E-state index is 12.3. The van der Waals surface area contributed by atoms with Crippen LogP contribution in [-0.4, -0.2) is 18.6 Å². The van der Waals surface area contributed by atoms with Crippen LogP contribution in [0.15, 0.2) is 18.2 Å². The highest BCUT2D eigenvalue weighted by molar-refractivity contribution is 6.32. The normalized spacial score (nSPS) is 21.6. The molecule has 21 heavy (non-hydrogen) atoms. The molecule has 0 saturated heterocycles. The molecule has 2 rings (SSSR count). The van der Waals surface area contributed by atoms with Crippen LogP contribution >= 0.6 is 11.6 Å². The Hall–Kier alpha value is -1.26. The molecule has 0 aromatic heterocycles. The number of carbonyl (C=O) groups excluding carboxylic acids is 1. The molecule has 0 radical (unpaired) electrons. The zero-order valence-corrected chi connectivity index (χ0v) is 13.3. The Morgan fingerprint density at radius 2 is 2.24 bits per heavy atom. The van der Waals surface area contributed by atoms with Crippen LogP contribution in [0.4, 0.5) is 5.69 Å².